The Labute approximate surface area is 139 Å². The van der Waals surface area contributed by atoms with E-state index in [0.29, 0.717) is 30.0 Å². The normalized spacial score (nSPS) is 18.0. The van der Waals surface area contributed by atoms with Crippen molar-refractivity contribution in [1.82, 2.24) is 5.32 Å². The van der Waals surface area contributed by atoms with E-state index in [1.54, 1.807) is 18.2 Å². The first-order valence-electron chi connectivity index (χ1n) is 7.75. The molecule has 0 aromatic heterocycles. The van der Waals surface area contributed by atoms with Crippen molar-refractivity contribution < 1.29 is 19.1 Å². The number of oxime groups is 1. The Morgan fingerprint density at radius 3 is 2.83 bits per heavy atom. The minimum absolute atomic E-state index is 0.154. The number of fused-ring (bicyclic) bond motifs is 1. The molecule has 6 heteroatoms. The number of nitrogens with one attached hydrogen (secondary N) is 1. The largest absolute Gasteiger partial charge is 0.454 e. The van der Waals surface area contributed by atoms with Crippen LogP contribution >= 0.6 is 0 Å². The van der Waals surface area contributed by atoms with Gasteiger partial charge in [-0.05, 0) is 23.8 Å². The van der Waals surface area contributed by atoms with Crippen LogP contribution in [-0.2, 0) is 4.84 Å². The monoisotopic (exact) mass is 324 g/mol. The Hall–Kier alpha value is -3.02. The third-order valence-corrected chi connectivity index (χ3v) is 3.97. The van der Waals surface area contributed by atoms with Crippen molar-refractivity contribution in [3.05, 3.63) is 59.7 Å². The smallest absolute Gasteiger partial charge is 0.251 e. The van der Waals surface area contributed by atoms with Crippen molar-refractivity contribution in [3.8, 4) is 11.5 Å². The van der Waals surface area contributed by atoms with Gasteiger partial charge >= 0.3 is 0 Å². The van der Waals surface area contributed by atoms with Crippen molar-refractivity contribution >= 4 is 11.6 Å². The molecule has 2 aliphatic heterocycles. The lowest BCUT2D eigenvalue weighted by molar-refractivity contribution is 0.0753. The summed E-state index contributed by atoms with van der Waals surface area (Å²) in [5, 5.41) is 6.98. The molecule has 0 saturated heterocycles. The summed E-state index contributed by atoms with van der Waals surface area (Å²) in [5.41, 5.74) is 2.47. The number of benzene rings is 2. The second-order valence-electron chi connectivity index (χ2n) is 5.61. The highest BCUT2D eigenvalue weighted by Crippen LogP contribution is 2.32. The van der Waals surface area contributed by atoms with Gasteiger partial charge in [0.05, 0.1) is 12.3 Å². The molecule has 0 spiro atoms. The molecule has 122 valence electrons. The van der Waals surface area contributed by atoms with Crippen molar-refractivity contribution in [1.29, 1.82) is 0 Å². The van der Waals surface area contributed by atoms with Crippen LogP contribution in [0.1, 0.15) is 22.3 Å². The lowest BCUT2D eigenvalue weighted by Gasteiger charge is -2.10. The van der Waals surface area contributed by atoms with Crippen LogP contribution in [0.3, 0.4) is 0 Å². The Morgan fingerprint density at radius 1 is 1.12 bits per heavy atom. The number of rotatable bonds is 4. The fraction of sp³-hybridized carbons (Fsp3) is 0.222. The lowest BCUT2D eigenvalue weighted by atomic mass is 10.1. The number of hydrogen-bond acceptors (Lipinski definition) is 5. The molecule has 2 aliphatic rings. The van der Waals surface area contributed by atoms with Crippen LogP contribution in [0.15, 0.2) is 53.7 Å². The Balaban J connectivity index is 1.32. The number of nitrogens with zero attached hydrogens (tertiary/aromatic N) is 1. The van der Waals surface area contributed by atoms with Gasteiger partial charge in [0.15, 0.2) is 11.5 Å². The summed E-state index contributed by atoms with van der Waals surface area (Å²) >= 11 is 0. The maximum Gasteiger partial charge on any atom is 0.251 e. The molecule has 1 amide bonds. The highest BCUT2D eigenvalue weighted by Gasteiger charge is 2.23. The summed E-state index contributed by atoms with van der Waals surface area (Å²) < 4.78 is 10.5. The van der Waals surface area contributed by atoms with Gasteiger partial charge in [-0.15, -0.1) is 0 Å². The molecule has 1 N–H and O–H groups in total. The molecule has 0 radical (unpaired) electrons. The Bertz CT molecular complexity index is 789. The van der Waals surface area contributed by atoms with Crippen molar-refractivity contribution in [2.45, 2.75) is 12.5 Å². The maximum atomic E-state index is 12.3. The zero-order valence-electron chi connectivity index (χ0n) is 12.9. The average molecular weight is 324 g/mol. The summed E-state index contributed by atoms with van der Waals surface area (Å²) in [6.45, 7) is 0.586. The van der Waals surface area contributed by atoms with Crippen LogP contribution in [0.4, 0.5) is 0 Å². The Morgan fingerprint density at radius 2 is 1.96 bits per heavy atom. The molecule has 2 heterocycles. The molecule has 0 fully saturated rings. The van der Waals surface area contributed by atoms with E-state index in [-0.39, 0.29) is 18.8 Å². The van der Waals surface area contributed by atoms with E-state index in [9.17, 15) is 4.79 Å². The third kappa shape index (κ3) is 2.90. The van der Waals surface area contributed by atoms with E-state index in [0.717, 1.165) is 11.3 Å². The van der Waals surface area contributed by atoms with E-state index < -0.39 is 0 Å². The topological polar surface area (TPSA) is 69.2 Å². The predicted octanol–water partition coefficient (Wildman–Crippen LogP) is 2.34. The van der Waals surface area contributed by atoms with Crippen LogP contribution in [0.2, 0.25) is 0 Å². The summed E-state index contributed by atoms with van der Waals surface area (Å²) in [6.07, 6.45) is 0.518. The van der Waals surface area contributed by atoms with Gasteiger partial charge in [0, 0.05) is 12.0 Å². The molecular formula is C18H16N2O4. The highest BCUT2D eigenvalue weighted by atomic mass is 16.7. The summed E-state index contributed by atoms with van der Waals surface area (Å²) in [6, 6.07) is 15.0. The molecule has 0 bridgehead atoms. The molecule has 2 aromatic carbocycles. The molecular weight excluding hydrogens is 308 g/mol. The van der Waals surface area contributed by atoms with E-state index in [1.807, 2.05) is 30.3 Å². The van der Waals surface area contributed by atoms with Crippen LogP contribution in [0, 0.1) is 0 Å². The molecule has 4 rings (SSSR count). The van der Waals surface area contributed by atoms with Gasteiger partial charge in [-0.2, -0.15) is 0 Å². The first kappa shape index (κ1) is 14.6. The zero-order chi connectivity index (χ0) is 16.4. The van der Waals surface area contributed by atoms with Crippen LogP contribution in [0.25, 0.3) is 0 Å². The molecule has 0 aliphatic carbocycles. The van der Waals surface area contributed by atoms with Gasteiger partial charge in [-0.1, -0.05) is 35.5 Å². The summed E-state index contributed by atoms with van der Waals surface area (Å²) in [5.74, 6) is 1.08. The summed E-state index contributed by atoms with van der Waals surface area (Å²) in [7, 11) is 0. The first-order chi connectivity index (χ1) is 11.8. The van der Waals surface area contributed by atoms with Crippen molar-refractivity contribution in [2.24, 2.45) is 5.16 Å². The van der Waals surface area contributed by atoms with Gasteiger partial charge < -0.3 is 19.6 Å². The van der Waals surface area contributed by atoms with E-state index >= 15 is 0 Å². The SMILES string of the molecule is O=C(NCC1CC(c2ccccc2)=NO1)c1ccc2c(c1)OCO2. The Kier molecular flexibility index (Phi) is 3.78. The molecule has 2 aromatic rings. The fourth-order valence-corrected chi connectivity index (χ4v) is 2.69. The molecule has 1 unspecified atom stereocenters. The molecule has 6 nitrogen and oxygen atoms in total. The first-order valence-corrected chi connectivity index (χ1v) is 7.75. The van der Waals surface area contributed by atoms with Gasteiger partial charge in [0.2, 0.25) is 6.79 Å². The number of amides is 1. The highest BCUT2D eigenvalue weighted by molar-refractivity contribution is 6.01. The standard InChI is InChI=1S/C18H16N2O4/c21-18(13-6-7-16-17(8-13)23-11-22-16)19-10-14-9-15(20-24-14)12-4-2-1-3-5-12/h1-8,14H,9-11H2,(H,19,21). The second kappa shape index (κ2) is 6.23. The number of ether oxygens (including phenoxy) is 2. The van der Waals surface area contributed by atoms with Gasteiger partial charge in [-0.3, -0.25) is 4.79 Å². The zero-order valence-corrected chi connectivity index (χ0v) is 12.9. The molecule has 0 saturated carbocycles. The maximum absolute atomic E-state index is 12.3. The average Bonchev–Trinajstić information content (AvgIpc) is 3.29. The van der Waals surface area contributed by atoms with Gasteiger partial charge in [0.25, 0.3) is 5.91 Å². The van der Waals surface area contributed by atoms with E-state index in [1.165, 1.54) is 0 Å². The fourth-order valence-electron chi connectivity index (χ4n) is 2.69. The minimum Gasteiger partial charge on any atom is -0.454 e. The molecule has 1 atom stereocenters. The second-order valence-corrected chi connectivity index (χ2v) is 5.61. The number of carbonyl (C=O) groups is 1. The van der Waals surface area contributed by atoms with Crippen molar-refractivity contribution in [2.75, 3.05) is 13.3 Å². The lowest BCUT2D eigenvalue weighted by Crippen LogP contribution is -2.32. The molecule has 24 heavy (non-hydrogen) atoms. The van der Waals surface area contributed by atoms with Gasteiger partial charge in [0.1, 0.15) is 6.10 Å². The summed E-state index contributed by atoms with van der Waals surface area (Å²) in [4.78, 5) is 17.7. The number of carbonyl (C=O) groups excluding carboxylic acids is 1. The minimum atomic E-state index is -0.176. The van der Waals surface area contributed by atoms with E-state index in [2.05, 4.69) is 10.5 Å². The third-order valence-electron chi connectivity index (χ3n) is 3.97. The van der Waals surface area contributed by atoms with Crippen LogP contribution < -0.4 is 14.8 Å². The van der Waals surface area contributed by atoms with Crippen molar-refractivity contribution in [3.63, 3.8) is 0 Å². The van der Waals surface area contributed by atoms with Gasteiger partial charge in [-0.25, -0.2) is 0 Å². The van der Waals surface area contributed by atoms with Crippen LogP contribution in [0.5, 0.6) is 11.5 Å². The van der Waals surface area contributed by atoms with E-state index in [4.69, 9.17) is 14.3 Å². The number of hydrogen-bond donors (Lipinski definition) is 1. The predicted molar refractivity (Wildman–Crippen MR) is 87.4 cm³/mol. The van der Waals surface area contributed by atoms with Crippen LogP contribution in [-0.4, -0.2) is 31.1 Å². The quantitative estimate of drug-likeness (QED) is 0.937.